The number of urea groups is 1. The zero-order valence-corrected chi connectivity index (χ0v) is 14.3. The Hall–Kier alpha value is -1.75. The van der Waals surface area contributed by atoms with Gasteiger partial charge in [0, 0.05) is 11.7 Å². The van der Waals surface area contributed by atoms with E-state index in [0.29, 0.717) is 17.8 Å². The first-order valence-corrected chi connectivity index (χ1v) is 8.90. The number of ether oxygens (including phenoxy) is 1. The van der Waals surface area contributed by atoms with Crippen molar-refractivity contribution < 1.29 is 14.6 Å². The topological polar surface area (TPSA) is 70.6 Å². The molecule has 1 aromatic rings. The molecule has 4 bridgehead atoms. The molecule has 0 aromatic heterocycles. The second-order valence-corrected chi connectivity index (χ2v) is 8.00. The zero-order chi connectivity index (χ0) is 16.9. The van der Waals surface area contributed by atoms with Crippen LogP contribution in [0.5, 0.6) is 5.75 Å². The lowest BCUT2D eigenvalue weighted by atomic mass is 9.52. The van der Waals surface area contributed by atoms with Crippen LogP contribution in [0.4, 0.5) is 10.5 Å². The maximum Gasteiger partial charge on any atom is 0.319 e. The molecule has 130 valence electrons. The van der Waals surface area contributed by atoms with Crippen LogP contribution in [0, 0.1) is 24.7 Å². The Morgan fingerprint density at radius 1 is 1.25 bits per heavy atom. The fourth-order valence-corrected chi connectivity index (χ4v) is 5.43. The summed E-state index contributed by atoms with van der Waals surface area (Å²) < 4.78 is 5.20. The van der Waals surface area contributed by atoms with E-state index in [2.05, 4.69) is 10.6 Å². The van der Waals surface area contributed by atoms with Gasteiger partial charge in [-0.3, -0.25) is 0 Å². The average molecular weight is 330 g/mol. The minimum Gasteiger partial charge on any atom is -0.497 e. The molecule has 5 rings (SSSR count). The third kappa shape index (κ3) is 2.75. The lowest BCUT2D eigenvalue weighted by molar-refractivity contribution is -0.136. The molecule has 4 fully saturated rings. The Balaban J connectivity index is 1.42. The third-order valence-corrected chi connectivity index (χ3v) is 6.22. The maximum atomic E-state index is 12.5. The summed E-state index contributed by atoms with van der Waals surface area (Å²) in [5, 5.41) is 16.8. The summed E-state index contributed by atoms with van der Waals surface area (Å²) >= 11 is 0. The molecule has 24 heavy (non-hydrogen) atoms. The highest BCUT2D eigenvalue weighted by atomic mass is 16.5. The Kier molecular flexibility index (Phi) is 3.71. The Labute approximate surface area is 142 Å². The molecule has 2 amide bonds. The number of aliphatic hydroxyl groups is 1. The van der Waals surface area contributed by atoms with Gasteiger partial charge in [-0.25, -0.2) is 4.79 Å². The third-order valence-electron chi connectivity index (χ3n) is 6.22. The van der Waals surface area contributed by atoms with Crippen molar-refractivity contribution in [2.24, 2.45) is 17.8 Å². The zero-order valence-electron chi connectivity index (χ0n) is 14.3. The van der Waals surface area contributed by atoms with Crippen LogP contribution in [0.2, 0.25) is 0 Å². The van der Waals surface area contributed by atoms with Crippen LogP contribution in [-0.2, 0) is 0 Å². The van der Waals surface area contributed by atoms with Gasteiger partial charge in [-0.2, -0.15) is 0 Å². The van der Waals surface area contributed by atoms with Gasteiger partial charge in [-0.05, 0) is 80.5 Å². The summed E-state index contributed by atoms with van der Waals surface area (Å²) in [5.41, 5.74) is 1.32. The molecule has 0 spiro atoms. The molecule has 0 heterocycles. The predicted octanol–water partition coefficient (Wildman–Crippen LogP) is 3.06. The van der Waals surface area contributed by atoms with Crippen molar-refractivity contribution in [1.82, 2.24) is 5.32 Å². The smallest absolute Gasteiger partial charge is 0.319 e. The first-order valence-electron chi connectivity index (χ1n) is 8.90. The second-order valence-electron chi connectivity index (χ2n) is 8.00. The molecule has 0 aliphatic heterocycles. The number of aryl methyl sites for hydroxylation is 1. The molecule has 3 N–H and O–H groups in total. The van der Waals surface area contributed by atoms with E-state index in [1.54, 1.807) is 7.11 Å². The Morgan fingerprint density at radius 3 is 2.54 bits per heavy atom. The first-order chi connectivity index (χ1) is 11.5. The highest BCUT2D eigenvalue weighted by Gasteiger charge is 2.55. The molecule has 1 aromatic carbocycles. The minimum atomic E-state index is -0.461. The van der Waals surface area contributed by atoms with Crippen LogP contribution in [0.3, 0.4) is 0 Å². The number of anilines is 1. The molecular formula is C19H26N2O3. The SMILES string of the molecule is COc1ccc(NC(=O)NC2C3CC4CC2CC(O)(C4)C3)c(C)c1. The van der Waals surface area contributed by atoms with E-state index in [1.807, 2.05) is 25.1 Å². The molecule has 2 unspecified atom stereocenters. The van der Waals surface area contributed by atoms with Crippen molar-refractivity contribution in [3.05, 3.63) is 23.8 Å². The van der Waals surface area contributed by atoms with Crippen LogP contribution < -0.4 is 15.4 Å². The fraction of sp³-hybridized carbons (Fsp3) is 0.632. The van der Waals surface area contributed by atoms with Crippen molar-refractivity contribution in [3.63, 3.8) is 0 Å². The van der Waals surface area contributed by atoms with Crippen molar-refractivity contribution in [2.75, 3.05) is 12.4 Å². The number of methoxy groups -OCH3 is 1. The fourth-order valence-electron chi connectivity index (χ4n) is 5.43. The van der Waals surface area contributed by atoms with Crippen LogP contribution >= 0.6 is 0 Å². The quantitative estimate of drug-likeness (QED) is 0.798. The van der Waals surface area contributed by atoms with E-state index in [-0.39, 0.29) is 12.1 Å². The van der Waals surface area contributed by atoms with Gasteiger partial charge in [0.15, 0.2) is 0 Å². The van der Waals surface area contributed by atoms with Gasteiger partial charge in [-0.1, -0.05) is 0 Å². The van der Waals surface area contributed by atoms with E-state index >= 15 is 0 Å². The molecular weight excluding hydrogens is 304 g/mol. The highest BCUT2D eigenvalue weighted by Crippen LogP contribution is 2.55. The van der Waals surface area contributed by atoms with Crippen molar-refractivity contribution in [2.45, 2.75) is 50.7 Å². The van der Waals surface area contributed by atoms with Gasteiger partial charge in [0.05, 0.1) is 12.7 Å². The molecule has 5 nitrogen and oxygen atoms in total. The summed E-state index contributed by atoms with van der Waals surface area (Å²) in [6, 6.07) is 5.68. The van der Waals surface area contributed by atoms with Gasteiger partial charge in [0.1, 0.15) is 5.75 Å². The average Bonchev–Trinajstić information content (AvgIpc) is 2.51. The highest BCUT2D eigenvalue weighted by molar-refractivity contribution is 5.90. The van der Waals surface area contributed by atoms with Gasteiger partial charge < -0.3 is 20.5 Å². The lowest BCUT2D eigenvalue weighted by Crippen LogP contribution is -2.62. The lowest BCUT2D eigenvalue weighted by Gasteiger charge is -2.58. The predicted molar refractivity (Wildman–Crippen MR) is 92.2 cm³/mol. The second kappa shape index (κ2) is 5.66. The van der Waals surface area contributed by atoms with Crippen LogP contribution in [0.25, 0.3) is 0 Å². The first kappa shape index (κ1) is 15.8. The number of rotatable bonds is 3. The maximum absolute atomic E-state index is 12.5. The van der Waals surface area contributed by atoms with E-state index in [4.69, 9.17) is 4.74 Å². The number of nitrogens with one attached hydrogen (secondary N) is 2. The molecule has 5 heteroatoms. The van der Waals surface area contributed by atoms with Gasteiger partial charge >= 0.3 is 6.03 Å². The van der Waals surface area contributed by atoms with Crippen LogP contribution in [0.15, 0.2) is 18.2 Å². The van der Waals surface area contributed by atoms with Crippen molar-refractivity contribution in [1.29, 1.82) is 0 Å². The summed E-state index contributed by atoms with van der Waals surface area (Å²) in [6.07, 6.45) is 4.93. The molecule has 4 aliphatic rings. The number of amides is 2. The molecule has 4 saturated carbocycles. The Bertz CT molecular complexity index is 644. The monoisotopic (exact) mass is 330 g/mol. The number of benzene rings is 1. The molecule has 4 aliphatic carbocycles. The molecule has 0 saturated heterocycles. The standard InChI is InChI=1S/C19H26N2O3/c1-11-5-15(24-2)3-4-16(11)20-18(22)21-17-13-6-12-7-14(17)10-19(23,8-12)9-13/h3-5,12-14,17,23H,6-10H2,1-2H3,(H2,20,21,22). The summed E-state index contributed by atoms with van der Waals surface area (Å²) in [4.78, 5) is 12.5. The van der Waals surface area contributed by atoms with Crippen molar-refractivity contribution >= 4 is 11.7 Å². The molecule has 2 atom stereocenters. The van der Waals surface area contributed by atoms with Crippen LogP contribution in [-0.4, -0.2) is 29.9 Å². The van der Waals surface area contributed by atoms with E-state index in [9.17, 15) is 9.90 Å². The van der Waals surface area contributed by atoms with Crippen molar-refractivity contribution in [3.8, 4) is 5.75 Å². The summed E-state index contributed by atoms with van der Waals surface area (Å²) in [5.74, 6) is 2.28. The van der Waals surface area contributed by atoms with E-state index in [1.165, 1.54) is 0 Å². The number of hydrogen-bond donors (Lipinski definition) is 3. The summed E-state index contributed by atoms with van der Waals surface area (Å²) in [7, 11) is 1.63. The Morgan fingerprint density at radius 2 is 1.96 bits per heavy atom. The van der Waals surface area contributed by atoms with Gasteiger partial charge in [0.25, 0.3) is 0 Å². The van der Waals surface area contributed by atoms with Gasteiger partial charge in [-0.15, -0.1) is 0 Å². The number of hydrogen-bond acceptors (Lipinski definition) is 3. The number of carbonyl (C=O) groups is 1. The number of carbonyl (C=O) groups excluding carboxylic acids is 1. The van der Waals surface area contributed by atoms with Gasteiger partial charge in [0.2, 0.25) is 0 Å². The minimum absolute atomic E-state index is 0.146. The van der Waals surface area contributed by atoms with E-state index < -0.39 is 5.60 Å². The largest absolute Gasteiger partial charge is 0.497 e. The van der Waals surface area contributed by atoms with E-state index in [0.717, 1.165) is 49.1 Å². The summed E-state index contributed by atoms with van der Waals surface area (Å²) in [6.45, 7) is 1.95. The molecule has 0 radical (unpaired) electrons. The van der Waals surface area contributed by atoms with Crippen LogP contribution in [0.1, 0.15) is 37.7 Å². The normalized spacial score (nSPS) is 36.5.